The van der Waals surface area contributed by atoms with Crippen LogP contribution in [-0.2, 0) is 0 Å². The van der Waals surface area contributed by atoms with Gasteiger partial charge in [0.2, 0.25) is 5.88 Å². The molecule has 4 aromatic rings. The van der Waals surface area contributed by atoms with E-state index >= 15 is 0 Å². The molecule has 0 unspecified atom stereocenters. The van der Waals surface area contributed by atoms with E-state index in [2.05, 4.69) is 26.0 Å². The summed E-state index contributed by atoms with van der Waals surface area (Å²) in [6.07, 6.45) is 4.70. The number of hydrogen-bond donors (Lipinski definition) is 1. The third-order valence-corrected chi connectivity index (χ3v) is 4.91. The summed E-state index contributed by atoms with van der Waals surface area (Å²) in [5.41, 5.74) is 1.82. The highest BCUT2D eigenvalue weighted by Gasteiger charge is 2.21. The fourth-order valence-corrected chi connectivity index (χ4v) is 3.53. The average molecular weight is 372 g/mol. The molecule has 1 aliphatic rings. The number of nitrogens with zero attached hydrogens (tertiary/aromatic N) is 3. The first-order valence-electron chi connectivity index (χ1n) is 9.40. The van der Waals surface area contributed by atoms with Crippen molar-refractivity contribution in [3.05, 3.63) is 73.2 Å². The molecule has 1 aliphatic heterocycles. The molecule has 0 bridgehead atoms. The van der Waals surface area contributed by atoms with Crippen molar-refractivity contribution in [2.75, 3.05) is 13.1 Å². The number of ether oxygens (including phenoxy) is 2. The van der Waals surface area contributed by atoms with Crippen molar-refractivity contribution in [3.63, 3.8) is 0 Å². The van der Waals surface area contributed by atoms with Gasteiger partial charge in [-0.25, -0.2) is 4.98 Å². The van der Waals surface area contributed by atoms with E-state index in [0.717, 1.165) is 42.0 Å². The lowest BCUT2D eigenvalue weighted by molar-refractivity contribution is 0.454. The van der Waals surface area contributed by atoms with E-state index in [1.807, 2.05) is 60.7 Å². The molecule has 5 rings (SSSR count). The van der Waals surface area contributed by atoms with Crippen LogP contribution in [0.5, 0.6) is 23.1 Å². The van der Waals surface area contributed by atoms with E-state index in [9.17, 15) is 0 Å². The molecule has 1 atom stereocenters. The van der Waals surface area contributed by atoms with Crippen LogP contribution in [0.1, 0.15) is 12.5 Å². The van der Waals surface area contributed by atoms with E-state index in [4.69, 9.17) is 9.47 Å². The predicted molar refractivity (Wildman–Crippen MR) is 107 cm³/mol. The summed E-state index contributed by atoms with van der Waals surface area (Å²) >= 11 is 0. The van der Waals surface area contributed by atoms with Crippen molar-refractivity contribution in [1.29, 1.82) is 0 Å². The van der Waals surface area contributed by atoms with Gasteiger partial charge >= 0.3 is 0 Å². The molecule has 0 radical (unpaired) electrons. The molecule has 2 aromatic carbocycles. The molecule has 1 fully saturated rings. The molecule has 0 amide bonds. The maximum absolute atomic E-state index is 6.11. The van der Waals surface area contributed by atoms with Crippen molar-refractivity contribution in [2.45, 2.75) is 12.5 Å². The zero-order valence-electron chi connectivity index (χ0n) is 15.3. The Kier molecular flexibility index (Phi) is 4.39. The molecular formula is C22H20N4O2. The highest BCUT2D eigenvalue weighted by atomic mass is 16.5. The average Bonchev–Trinajstić information content (AvgIpc) is 3.40. The van der Waals surface area contributed by atoms with Gasteiger partial charge < -0.3 is 19.4 Å². The molecule has 1 saturated heterocycles. The Bertz CT molecular complexity index is 1070. The van der Waals surface area contributed by atoms with Crippen LogP contribution in [0.2, 0.25) is 0 Å². The summed E-state index contributed by atoms with van der Waals surface area (Å²) in [7, 11) is 0. The number of hydrogen-bond acceptors (Lipinski definition) is 5. The normalized spacial score (nSPS) is 16.4. The number of fused-ring (bicyclic) bond motifs is 1. The summed E-state index contributed by atoms with van der Waals surface area (Å²) in [6, 6.07) is 19.7. The van der Waals surface area contributed by atoms with Gasteiger partial charge in [-0.15, -0.1) is 0 Å². The Morgan fingerprint density at radius 2 is 1.61 bits per heavy atom. The largest absolute Gasteiger partial charge is 0.457 e. The molecule has 3 heterocycles. The zero-order valence-corrected chi connectivity index (χ0v) is 15.3. The van der Waals surface area contributed by atoms with Crippen LogP contribution in [0.3, 0.4) is 0 Å². The van der Waals surface area contributed by atoms with Crippen LogP contribution < -0.4 is 14.8 Å². The molecular weight excluding hydrogens is 352 g/mol. The lowest BCUT2D eigenvalue weighted by atomic mass is 10.2. The Labute approximate surface area is 162 Å². The summed E-state index contributed by atoms with van der Waals surface area (Å²) in [5.74, 6) is 2.83. The smallest absolute Gasteiger partial charge is 0.247 e. The van der Waals surface area contributed by atoms with E-state index in [1.165, 1.54) is 0 Å². The second-order valence-corrected chi connectivity index (χ2v) is 6.77. The molecule has 0 spiro atoms. The summed E-state index contributed by atoms with van der Waals surface area (Å²) in [5, 5.41) is 3.40. The zero-order chi connectivity index (χ0) is 18.8. The highest BCUT2D eigenvalue weighted by molar-refractivity contribution is 5.81. The lowest BCUT2D eigenvalue weighted by Crippen LogP contribution is -2.13. The molecule has 6 nitrogen and oxygen atoms in total. The monoisotopic (exact) mass is 372 g/mol. The quantitative estimate of drug-likeness (QED) is 0.557. The van der Waals surface area contributed by atoms with Gasteiger partial charge in [-0.05, 0) is 55.4 Å². The van der Waals surface area contributed by atoms with Crippen LogP contribution in [-0.4, -0.2) is 27.6 Å². The Morgan fingerprint density at radius 3 is 2.36 bits per heavy atom. The second kappa shape index (κ2) is 7.32. The summed E-state index contributed by atoms with van der Waals surface area (Å²) in [6.45, 7) is 1.97. The van der Waals surface area contributed by atoms with Crippen molar-refractivity contribution in [3.8, 4) is 23.1 Å². The lowest BCUT2D eigenvalue weighted by Gasteiger charge is -2.14. The van der Waals surface area contributed by atoms with Gasteiger partial charge in [-0.3, -0.25) is 0 Å². The van der Waals surface area contributed by atoms with Gasteiger partial charge in [0.25, 0.3) is 0 Å². The molecule has 6 heteroatoms. The van der Waals surface area contributed by atoms with Crippen LogP contribution in [0, 0.1) is 0 Å². The molecule has 0 aliphatic carbocycles. The maximum Gasteiger partial charge on any atom is 0.247 e. The van der Waals surface area contributed by atoms with Crippen molar-refractivity contribution >= 4 is 11.0 Å². The third-order valence-electron chi connectivity index (χ3n) is 4.91. The first kappa shape index (κ1) is 16.8. The van der Waals surface area contributed by atoms with E-state index < -0.39 is 0 Å². The van der Waals surface area contributed by atoms with Crippen molar-refractivity contribution in [1.82, 2.24) is 19.9 Å². The Balaban J connectivity index is 1.40. The van der Waals surface area contributed by atoms with Gasteiger partial charge in [0, 0.05) is 18.8 Å². The molecule has 2 aromatic heterocycles. The summed E-state index contributed by atoms with van der Waals surface area (Å²) in [4.78, 5) is 8.77. The van der Waals surface area contributed by atoms with Crippen LogP contribution in [0.25, 0.3) is 11.0 Å². The van der Waals surface area contributed by atoms with Crippen LogP contribution in [0.15, 0.2) is 73.2 Å². The van der Waals surface area contributed by atoms with Crippen LogP contribution >= 0.6 is 0 Å². The van der Waals surface area contributed by atoms with Gasteiger partial charge in [0.1, 0.15) is 29.1 Å². The van der Waals surface area contributed by atoms with E-state index in [-0.39, 0.29) is 0 Å². The Hall–Kier alpha value is -3.38. The molecule has 140 valence electrons. The standard InChI is InChI=1S/C22H20N4O2/c1-2-4-17(5-3-1)27-18-6-8-19(9-7-18)28-22-21-20(24-15-25-22)11-13-26(21)16-10-12-23-14-16/h1-9,11,13,15-16,23H,10,12,14H2/t16-/m0/s1. The van der Waals surface area contributed by atoms with Crippen molar-refractivity contribution in [2.24, 2.45) is 0 Å². The van der Waals surface area contributed by atoms with Crippen LogP contribution in [0.4, 0.5) is 0 Å². The maximum atomic E-state index is 6.11. The van der Waals surface area contributed by atoms with Gasteiger partial charge in [-0.2, -0.15) is 4.98 Å². The first-order chi connectivity index (χ1) is 13.9. The minimum atomic E-state index is 0.396. The number of para-hydroxylation sites is 1. The van der Waals surface area contributed by atoms with Gasteiger partial charge in [-0.1, -0.05) is 18.2 Å². The predicted octanol–water partition coefficient (Wildman–Crippen LogP) is 4.55. The van der Waals surface area contributed by atoms with Gasteiger partial charge in [0.05, 0.1) is 5.52 Å². The minimum Gasteiger partial charge on any atom is -0.457 e. The Morgan fingerprint density at radius 1 is 0.857 bits per heavy atom. The number of rotatable bonds is 5. The summed E-state index contributed by atoms with van der Waals surface area (Å²) < 4.78 is 14.2. The third kappa shape index (κ3) is 3.30. The number of benzene rings is 2. The fraction of sp³-hybridized carbons (Fsp3) is 0.182. The molecule has 1 N–H and O–H groups in total. The highest BCUT2D eigenvalue weighted by Crippen LogP contribution is 2.32. The minimum absolute atomic E-state index is 0.396. The van der Waals surface area contributed by atoms with E-state index in [1.54, 1.807) is 6.33 Å². The molecule has 0 saturated carbocycles. The van der Waals surface area contributed by atoms with E-state index in [0.29, 0.717) is 17.7 Å². The fourth-order valence-electron chi connectivity index (χ4n) is 3.53. The number of aromatic nitrogens is 3. The number of nitrogens with one attached hydrogen (secondary N) is 1. The van der Waals surface area contributed by atoms with Crippen molar-refractivity contribution < 1.29 is 9.47 Å². The topological polar surface area (TPSA) is 61.2 Å². The SMILES string of the molecule is c1ccc(Oc2ccc(Oc3ncnc4ccn([C@H]5CCNC5)c34)cc2)cc1. The van der Waals surface area contributed by atoms with Gasteiger partial charge in [0.15, 0.2) is 0 Å². The second-order valence-electron chi connectivity index (χ2n) is 6.77. The molecule has 28 heavy (non-hydrogen) atoms. The first-order valence-corrected chi connectivity index (χ1v) is 9.40.